The quantitative estimate of drug-likeness (QED) is 0.737. The van der Waals surface area contributed by atoms with E-state index in [1.807, 2.05) is 0 Å². The second-order valence-corrected chi connectivity index (χ2v) is 5.43. The average Bonchev–Trinajstić information content (AvgIpc) is 2.99. The molecule has 0 radical (unpaired) electrons. The summed E-state index contributed by atoms with van der Waals surface area (Å²) in [6.07, 6.45) is 6.61. The van der Waals surface area contributed by atoms with Crippen molar-refractivity contribution in [3.8, 4) is 0 Å². The molecule has 0 aromatic carbocycles. The molecule has 0 unspecified atom stereocenters. The molecule has 3 amide bonds. The number of imide groups is 1. The van der Waals surface area contributed by atoms with Crippen molar-refractivity contribution in [2.24, 2.45) is 0 Å². The van der Waals surface area contributed by atoms with E-state index in [4.69, 9.17) is 5.11 Å². The first-order valence-corrected chi connectivity index (χ1v) is 7.31. The minimum atomic E-state index is -1.22. The number of rotatable bonds is 3. The minimum absolute atomic E-state index is 0.457. The Morgan fingerprint density at radius 2 is 1.62 bits per heavy atom. The Balaban J connectivity index is 1.75. The SMILES string of the molecule is O=C(O)C=CC(=O)NC(=O)N1CCN(C2CCCC2)CC1. The molecule has 1 heterocycles. The Hall–Kier alpha value is -1.89. The average molecular weight is 295 g/mol. The number of piperazine rings is 1. The Kier molecular flexibility index (Phi) is 5.32. The largest absolute Gasteiger partial charge is 0.478 e. The zero-order valence-electron chi connectivity index (χ0n) is 12.0. The molecular formula is C14H21N3O4. The highest BCUT2D eigenvalue weighted by molar-refractivity contribution is 6.02. The van der Waals surface area contributed by atoms with Gasteiger partial charge in [-0.15, -0.1) is 0 Å². The minimum Gasteiger partial charge on any atom is -0.478 e. The van der Waals surface area contributed by atoms with Gasteiger partial charge in [0.15, 0.2) is 0 Å². The smallest absolute Gasteiger partial charge is 0.328 e. The summed E-state index contributed by atoms with van der Waals surface area (Å²) in [7, 11) is 0. The zero-order chi connectivity index (χ0) is 15.2. The van der Waals surface area contributed by atoms with Crippen LogP contribution in [0.2, 0.25) is 0 Å². The van der Waals surface area contributed by atoms with Gasteiger partial charge in [0.2, 0.25) is 0 Å². The summed E-state index contributed by atoms with van der Waals surface area (Å²) in [5.74, 6) is -1.93. The molecule has 1 aliphatic carbocycles. The lowest BCUT2D eigenvalue weighted by molar-refractivity contribution is -0.131. The summed E-state index contributed by atoms with van der Waals surface area (Å²) in [4.78, 5) is 37.5. The molecular weight excluding hydrogens is 274 g/mol. The fourth-order valence-electron chi connectivity index (χ4n) is 2.93. The van der Waals surface area contributed by atoms with Crippen molar-refractivity contribution in [2.45, 2.75) is 31.7 Å². The summed E-state index contributed by atoms with van der Waals surface area (Å²) in [6, 6.07) is 0.191. The Morgan fingerprint density at radius 1 is 1.00 bits per heavy atom. The van der Waals surface area contributed by atoms with Gasteiger partial charge in [-0.1, -0.05) is 12.8 Å². The van der Waals surface area contributed by atoms with E-state index in [0.29, 0.717) is 25.2 Å². The van der Waals surface area contributed by atoms with Gasteiger partial charge in [-0.05, 0) is 12.8 Å². The van der Waals surface area contributed by atoms with Crippen LogP contribution >= 0.6 is 0 Å². The molecule has 1 aliphatic heterocycles. The van der Waals surface area contributed by atoms with E-state index in [1.165, 1.54) is 25.7 Å². The van der Waals surface area contributed by atoms with Crippen molar-refractivity contribution in [2.75, 3.05) is 26.2 Å². The van der Waals surface area contributed by atoms with Gasteiger partial charge in [0.05, 0.1) is 0 Å². The Bertz CT molecular complexity index is 436. The number of carbonyl (C=O) groups is 3. The first kappa shape index (κ1) is 15.5. The van der Waals surface area contributed by atoms with E-state index >= 15 is 0 Å². The molecule has 2 rings (SSSR count). The third-order valence-corrected chi connectivity index (χ3v) is 4.05. The molecule has 0 atom stereocenters. The third kappa shape index (κ3) is 4.56. The second kappa shape index (κ2) is 7.21. The van der Waals surface area contributed by atoms with Crippen molar-refractivity contribution >= 4 is 17.9 Å². The topological polar surface area (TPSA) is 89.9 Å². The van der Waals surface area contributed by atoms with Crippen LogP contribution in [0.3, 0.4) is 0 Å². The summed E-state index contributed by atoms with van der Waals surface area (Å²) in [5.41, 5.74) is 0. The number of urea groups is 1. The van der Waals surface area contributed by atoms with Crippen molar-refractivity contribution in [1.82, 2.24) is 15.1 Å². The molecule has 116 valence electrons. The van der Waals surface area contributed by atoms with E-state index < -0.39 is 17.9 Å². The lowest BCUT2D eigenvalue weighted by Crippen LogP contribution is -2.54. The van der Waals surface area contributed by atoms with E-state index in [2.05, 4.69) is 10.2 Å². The van der Waals surface area contributed by atoms with Crippen LogP contribution in [-0.4, -0.2) is 65.0 Å². The van der Waals surface area contributed by atoms with Crippen LogP contribution in [0.25, 0.3) is 0 Å². The first-order valence-electron chi connectivity index (χ1n) is 7.31. The summed E-state index contributed by atoms with van der Waals surface area (Å²) in [6.45, 7) is 2.85. The number of amides is 3. The van der Waals surface area contributed by atoms with Gasteiger partial charge >= 0.3 is 12.0 Å². The molecule has 7 heteroatoms. The molecule has 1 saturated carbocycles. The van der Waals surface area contributed by atoms with Crippen LogP contribution in [0.5, 0.6) is 0 Å². The van der Waals surface area contributed by atoms with Gasteiger partial charge in [0.1, 0.15) is 0 Å². The fraction of sp³-hybridized carbons (Fsp3) is 0.643. The lowest BCUT2D eigenvalue weighted by atomic mass is 10.2. The van der Waals surface area contributed by atoms with E-state index in [-0.39, 0.29) is 0 Å². The standard InChI is InChI=1S/C14H21N3O4/c18-12(5-6-13(19)20)15-14(21)17-9-7-16(8-10-17)11-3-1-2-4-11/h5-6,11H,1-4,7-10H2,(H,19,20)(H,15,18,21). The van der Waals surface area contributed by atoms with Gasteiger partial charge in [0, 0.05) is 44.4 Å². The van der Waals surface area contributed by atoms with Crippen LogP contribution in [-0.2, 0) is 9.59 Å². The molecule has 0 spiro atoms. The molecule has 7 nitrogen and oxygen atoms in total. The van der Waals surface area contributed by atoms with Crippen molar-refractivity contribution in [3.05, 3.63) is 12.2 Å². The molecule has 0 bridgehead atoms. The van der Waals surface area contributed by atoms with Crippen LogP contribution in [0, 0.1) is 0 Å². The maximum Gasteiger partial charge on any atom is 0.328 e. The highest BCUT2D eigenvalue weighted by atomic mass is 16.4. The predicted octanol–water partition coefficient (Wildman–Crippen LogP) is 0.424. The Labute approximate surface area is 123 Å². The monoisotopic (exact) mass is 295 g/mol. The fourth-order valence-corrected chi connectivity index (χ4v) is 2.93. The second-order valence-electron chi connectivity index (χ2n) is 5.43. The van der Waals surface area contributed by atoms with Gasteiger partial charge in [-0.3, -0.25) is 15.0 Å². The van der Waals surface area contributed by atoms with Crippen LogP contribution in [0.15, 0.2) is 12.2 Å². The summed E-state index contributed by atoms with van der Waals surface area (Å²) < 4.78 is 0. The van der Waals surface area contributed by atoms with Gasteiger partial charge in [-0.25, -0.2) is 9.59 Å². The number of carboxylic acid groups (broad SMARTS) is 1. The van der Waals surface area contributed by atoms with E-state index in [9.17, 15) is 14.4 Å². The number of nitrogens with one attached hydrogen (secondary N) is 1. The highest BCUT2D eigenvalue weighted by Crippen LogP contribution is 2.24. The number of carboxylic acids is 1. The number of hydrogen-bond donors (Lipinski definition) is 2. The molecule has 21 heavy (non-hydrogen) atoms. The summed E-state index contributed by atoms with van der Waals surface area (Å²) in [5, 5.41) is 10.6. The van der Waals surface area contributed by atoms with Crippen molar-refractivity contribution in [3.63, 3.8) is 0 Å². The molecule has 0 aromatic rings. The van der Waals surface area contributed by atoms with Crippen LogP contribution < -0.4 is 5.32 Å². The van der Waals surface area contributed by atoms with E-state index in [1.54, 1.807) is 4.90 Å². The number of hydrogen-bond acceptors (Lipinski definition) is 4. The van der Waals surface area contributed by atoms with Crippen molar-refractivity contribution < 1.29 is 19.5 Å². The maximum absolute atomic E-state index is 11.9. The number of nitrogens with zero attached hydrogens (tertiary/aromatic N) is 2. The molecule has 0 aromatic heterocycles. The molecule has 1 saturated heterocycles. The molecule has 2 fully saturated rings. The zero-order valence-corrected chi connectivity index (χ0v) is 12.0. The van der Waals surface area contributed by atoms with Gasteiger partial charge < -0.3 is 10.0 Å². The summed E-state index contributed by atoms with van der Waals surface area (Å²) >= 11 is 0. The number of carbonyl (C=O) groups excluding carboxylic acids is 2. The normalized spacial score (nSPS) is 20.9. The van der Waals surface area contributed by atoms with Crippen LogP contribution in [0.4, 0.5) is 4.79 Å². The molecule has 2 N–H and O–H groups in total. The highest BCUT2D eigenvalue weighted by Gasteiger charge is 2.28. The van der Waals surface area contributed by atoms with Gasteiger partial charge in [0.25, 0.3) is 5.91 Å². The Morgan fingerprint density at radius 3 is 2.19 bits per heavy atom. The first-order chi connectivity index (χ1) is 10.1. The maximum atomic E-state index is 11.9. The lowest BCUT2D eigenvalue weighted by Gasteiger charge is -2.37. The third-order valence-electron chi connectivity index (χ3n) is 4.05. The van der Waals surface area contributed by atoms with Crippen molar-refractivity contribution in [1.29, 1.82) is 0 Å². The van der Waals surface area contributed by atoms with Gasteiger partial charge in [-0.2, -0.15) is 0 Å². The number of aliphatic carboxylic acids is 1. The molecule has 2 aliphatic rings. The van der Waals surface area contributed by atoms with E-state index in [0.717, 1.165) is 19.2 Å². The predicted molar refractivity (Wildman–Crippen MR) is 75.7 cm³/mol. The van der Waals surface area contributed by atoms with Crippen LogP contribution in [0.1, 0.15) is 25.7 Å².